The number of hydrogen-bond acceptors (Lipinski definition) is 4. The van der Waals surface area contributed by atoms with Crippen molar-refractivity contribution < 1.29 is 14.6 Å². The highest BCUT2D eigenvalue weighted by Gasteiger charge is 2.27. The zero-order valence-electron chi connectivity index (χ0n) is 9.80. The quantitative estimate of drug-likeness (QED) is 0.838. The zero-order chi connectivity index (χ0) is 12.3. The van der Waals surface area contributed by atoms with Crippen LogP contribution in [-0.4, -0.2) is 46.7 Å². The van der Waals surface area contributed by atoms with Gasteiger partial charge in [0.1, 0.15) is 5.56 Å². The van der Waals surface area contributed by atoms with E-state index >= 15 is 0 Å². The summed E-state index contributed by atoms with van der Waals surface area (Å²) in [5.74, 6) is 0.236. The van der Waals surface area contributed by atoms with Crippen LogP contribution in [0.1, 0.15) is 23.7 Å². The maximum Gasteiger partial charge on any atom is 0.259 e. The summed E-state index contributed by atoms with van der Waals surface area (Å²) in [6.45, 7) is 3.29. The molecule has 1 aromatic heterocycles. The van der Waals surface area contributed by atoms with Crippen LogP contribution >= 0.6 is 0 Å². The number of ether oxygens (including phenoxy) is 1. The molecule has 5 heteroatoms. The first kappa shape index (κ1) is 11.9. The number of β-amino-alcohol motifs (C(OH)–C–C–N with tert-alkyl or cyclic N) is 1. The van der Waals surface area contributed by atoms with E-state index in [0.717, 1.165) is 0 Å². The number of aromatic nitrogens is 1. The van der Waals surface area contributed by atoms with Crippen LogP contribution in [0.25, 0.3) is 0 Å². The summed E-state index contributed by atoms with van der Waals surface area (Å²) in [7, 11) is 0. The van der Waals surface area contributed by atoms with Gasteiger partial charge in [0.05, 0.1) is 12.7 Å². The van der Waals surface area contributed by atoms with Gasteiger partial charge in [0.15, 0.2) is 0 Å². The van der Waals surface area contributed by atoms with Crippen molar-refractivity contribution in [2.45, 2.75) is 19.4 Å². The molecule has 1 aromatic rings. The molecular weight excluding hydrogens is 220 g/mol. The molecule has 2 rings (SSSR count). The van der Waals surface area contributed by atoms with Crippen LogP contribution in [-0.2, 0) is 0 Å². The second kappa shape index (κ2) is 5.14. The normalized spacial score (nSPS) is 19.4. The maximum absolute atomic E-state index is 12.2. The average molecular weight is 236 g/mol. The van der Waals surface area contributed by atoms with Gasteiger partial charge in [0, 0.05) is 19.3 Å². The highest BCUT2D eigenvalue weighted by Crippen LogP contribution is 2.19. The van der Waals surface area contributed by atoms with Crippen molar-refractivity contribution in [1.82, 2.24) is 9.88 Å². The predicted octanol–water partition coefficient (Wildman–Crippen LogP) is 0.687. The maximum atomic E-state index is 12.2. The minimum atomic E-state index is -0.411. The fourth-order valence-electron chi connectivity index (χ4n) is 1.90. The number of pyridine rings is 1. The molecule has 1 aliphatic heterocycles. The molecule has 92 valence electrons. The van der Waals surface area contributed by atoms with Crippen LogP contribution < -0.4 is 4.74 Å². The van der Waals surface area contributed by atoms with Gasteiger partial charge >= 0.3 is 0 Å². The summed E-state index contributed by atoms with van der Waals surface area (Å²) in [6.07, 6.45) is 1.82. The highest BCUT2D eigenvalue weighted by atomic mass is 16.5. The molecule has 1 saturated heterocycles. The first-order valence-electron chi connectivity index (χ1n) is 5.77. The summed E-state index contributed by atoms with van der Waals surface area (Å²) in [4.78, 5) is 17.9. The number of aliphatic hydroxyl groups excluding tert-OH is 1. The largest absolute Gasteiger partial charge is 0.477 e. The van der Waals surface area contributed by atoms with Crippen molar-refractivity contribution in [3.63, 3.8) is 0 Å². The molecule has 5 nitrogen and oxygen atoms in total. The molecule has 0 aliphatic carbocycles. The van der Waals surface area contributed by atoms with E-state index < -0.39 is 6.10 Å². The van der Waals surface area contributed by atoms with Crippen molar-refractivity contribution >= 4 is 5.91 Å². The molecule has 1 amide bonds. The van der Waals surface area contributed by atoms with Gasteiger partial charge in [0.25, 0.3) is 5.91 Å². The molecular formula is C12H16N2O3. The van der Waals surface area contributed by atoms with Gasteiger partial charge in [-0.25, -0.2) is 4.98 Å². The molecule has 0 bridgehead atoms. The lowest BCUT2D eigenvalue weighted by atomic mass is 10.2. The fraction of sp³-hybridized carbons (Fsp3) is 0.500. The summed E-state index contributed by atoms with van der Waals surface area (Å²) in [5, 5.41) is 9.43. The Labute approximate surface area is 100 Å². The van der Waals surface area contributed by atoms with Gasteiger partial charge in [-0.3, -0.25) is 4.79 Å². The second-order valence-corrected chi connectivity index (χ2v) is 3.98. The third-order valence-corrected chi connectivity index (χ3v) is 2.73. The van der Waals surface area contributed by atoms with Crippen molar-refractivity contribution in [3.8, 4) is 5.88 Å². The van der Waals surface area contributed by atoms with Crippen molar-refractivity contribution in [3.05, 3.63) is 23.9 Å². The third-order valence-electron chi connectivity index (χ3n) is 2.73. The summed E-state index contributed by atoms with van der Waals surface area (Å²) >= 11 is 0. The first-order valence-corrected chi connectivity index (χ1v) is 5.77. The van der Waals surface area contributed by atoms with Crippen LogP contribution in [0, 0.1) is 0 Å². The number of aliphatic hydroxyl groups is 1. The second-order valence-electron chi connectivity index (χ2n) is 3.98. The van der Waals surface area contributed by atoms with Crippen LogP contribution in [0.3, 0.4) is 0 Å². The molecule has 17 heavy (non-hydrogen) atoms. The summed E-state index contributed by atoms with van der Waals surface area (Å²) in [6, 6.07) is 3.41. The number of likely N-dealkylation sites (tertiary alicyclic amines) is 1. The van der Waals surface area contributed by atoms with Crippen LogP contribution in [0.15, 0.2) is 18.3 Å². The van der Waals surface area contributed by atoms with Crippen molar-refractivity contribution in [1.29, 1.82) is 0 Å². The van der Waals surface area contributed by atoms with Gasteiger partial charge in [-0.1, -0.05) is 0 Å². The molecule has 1 N–H and O–H groups in total. The topological polar surface area (TPSA) is 62.7 Å². The molecule has 1 aliphatic rings. The lowest BCUT2D eigenvalue weighted by Gasteiger charge is -2.16. The lowest BCUT2D eigenvalue weighted by molar-refractivity contribution is 0.0760. The Kier molecular flexibility index (Phi) is 3.58. The van der Waals surface area contributed by atoms with Crippen molar-refractivity contribution in [2.75, 3.05) is 19.7 Å². The number of rotatable bonds is 3. The van der Waals surface area contributed by atoms with Gasteiger partial charge in [-0.2, -0.15) is 0 Å². The number of carbonyl (C=O) groups is 1. The molecule has 0 spiro atoms. The molecule has 0 saturated carbocycles. The number of amides is 1. The molecule has 0 aromatic carbocycles. The van der Waals surface area contributed by atoms with E-state index in [0.29, 0.717) is 37.6 Å². The highest BCUT2D eigenvalue weighted by molar-refractivity contribution is 5.96. The van der Waals surface area contributed by atoms with Gasteiger partial charge in [0.2, 0.25) is 5.88 Å². The zero-order valence-corrected chi connectivity index (χ0v) is 9.80. The monoisotopic (exact) mass is 236 g/mol. The van der Waals surface area contributed by atoms with Gasteiger partial charge in [-0.15, -0.1) is 0 Å². The molecule has 0 radical (unpaired) electrons. The van der Waals surface area contributed by atoms with E-state index in [2.05, 4.69) is 4.98 Å². The van der Waals surface area contributed by atoms with Gasteiger partial charge in [-0.05, 0) is 25.5 Å². The first-order chi connectivity index (χ1) is 8.22. The van der Waals surface area contributed by atoms with Crippen LogP contribution in [0.5, 0.6) is 5.88 Å². The molecule has 1 fully saturated rings. The summed E-state index contributed by atoms with van der Waals surface area (Å²) in [5.41, 5.74) is 0.462. The van der Waals surface area contributed by atoms with E-state index in [-0.39, 0.29) is 5.91 Å². The van der Waals surface area contributed by atoms with E-state index in [1.165, 1.54) is 0 Å². The lowest BCUT2D eigenvalue weighted by Crippen LogP contribution is -2.30. The molecule has 1 atom stereocenters. The van der Waals surface area contributed by atoms with E-state index in [9.17, 15) is 9.90 Å². The minimum Gasteiger partial charge on any atom is -0.477 e. The average Bonchev–Trinajstić information content (AvgIpc) is 2.76. The fourth-order valence-corrected chi connectivity index (χ4v) is 1.90. The Bertz CT molecular complexity index is 408. The van der Waals surface area contributed by atoms with Crippen LogP contribution in [0.4, 0.5) is 0 Å². The van der Waals surface area contributed by atoms with E-state index in [1.54, 1.807) is 23.2 Å². The Morgan fingerprint density at radius 1 is 1.71 bits per heavy atom. The summed E-state index contributed by atoms with van der Waals surface area (Å²) < 4.78 is 5.32. The Hall–Kier alpha value is -1.62. The molecule has 2 heterocycles. The predicted molar refractivity (Wildman–Crippen MR) is 61.9 cm³/mol. The van der Waals surface area contributed by atoms with E-state index in [1.807, 2.05) is 6.92 Å². The van der Waals surface area contributed by atoms with Crippen molar-refractivity contribution in [2.24, 2.45) is 0 Å². The Morgan fingerprint density at radius 2 is 2.53 bits per heavy atom. The third kappa shape index (κ3) is 2.55. The minimum absolute atomic E-state index is 0.127. The van der Waals surface area contributed by atoms with Crippen LogP contribution in [0.2, 0.25) is 0 Å². The Morgan fingerprint density at radius 3 is 3.18 bits per heavy atom. The van der Waals surface area contributed by atoms with Gasteiger partial charge < -0.3 is 14.7 Å². The number of nitrogens with zero attached hydrogens (tertiary/aromatic N) is 2. The van der Waals surface area contributed by atoms with E-state index in [4.69, 9.17) is 4.74 Å². The SMILES string of the molecule is CCOc1ncccc1C(=O)N1CC[C@@H](O)C1. The smallest absolute Gasteiger partial charge is 0.259 e. The number of hydrogen-bond donors (Lipinski definition) is 1. The Balaban J connectivity index is 2.18. The molecule has 0 unspecified atom stereocenters. The number of carbonyl (C=O) groups excluding carboxylic acids is 1. The standard InChI is InChI=1S/C12H16N2O3/c1-2-17-11-10(4-3-6-13-11)12(16)14-7-5-9(15)8-14/h3-4,6,9,15H,2,5,7-8H2,1H3/t9-/m1/s1.